The van der Waals surface area contributed by atoms with Gasteiger partial charge in [-0.05, 0) is 24.6 Å². The first-order valence-electron chi connectivity index (χ1n) is 7.01. The van der Waals surface area contributed by atoms with Gasteiger partial charge in [0.15, 0.2) is 0 Å². The number of ether oxygens (including phenoxy) is 1. The fraction of sp³-hybridized carbons (Fsp3) is 0.467. The summed E-state index contributed by atoms with van der Waals surface area (Å²) in [7, 11) is 0. The molecule has 1 aliphatic heterocycles. The van der Waals surface area contributed by atoms with Gasteiger partial charge in [-0.25, -0.2) is 9.67 Å². The van der Waals surface area contributed by atoms with Gasteiger partial charge in [0, 0.05) is 5.92 Å². The van der Waals surface area contributed by atoms with Crippen molar-refractivity contribution >= 4 is 0 Å². The van der Waals surface area contributed by atoms with E-state index < -0.39 is 17.3 Å². The molecule has 3 atom stereocenters. The van der Waals surface area contributed by atoms with Crippen molar-refractivity contribution in [2.24, 2.45) is 5.92 Å². The summed E-state index contributed by atoms with van der Waals surface area (Å²) in [4.78, 5) is 3.90. The molecule has 0 saturated carbocycles. The van der Waals surface area contributed by atoms with Crippen molar-refractivity contribution in [3.63, 3.8) is 0 Å². The van der Waals surface area contributed by atoms with E-state index in [0.29, 0.717) is 6.54 Å². The van der Waals surface area contributed by atoms with Crippen LogP contribution in [0.2, 0.25) is 0 Å². The molecule has 0 amide bonds. The topological polar surface area (TPSA) is 39.9 Å². The first-order valence-corrected chi connectivity index (χ1v) is 7.01. The van der Waals surface area contributed by atoms with E-state index in [9.17, 15) is 13.2 Å². The van der Waals surface area contributed by atoms with E-state index in [1.165, 1.54) is 18.5 Å². The number of halogens is 3. The minimum atomic E-state index is -4.34. The normalized spacial score (nSPS) is 28.4. The Morgan fingerprint density at radius 3 is 2.36 bits per heavy atom. The lowest BCUT2D eigenvalue weighted by atomic mass is 9.73. The molecule has 1 aliphatic rings. The monoisotopic (exact) mass is 311 g/mol. The fourth-order valence-electron chi connectivity index (χ4n) is 2.95. The molecule has 0 spiro atoms. The summed E-state index contributed by atoms with van der Waals surface area (Å²) in [6.45, 7) is 4.40. The molecule has 2 aromatic rings. The number of alkyl halides is 3. The Bertz CT molecular complexity index is 639. The molecule has 1 saturated heterocycles. The van der Waals surface area contributed by atoms with E-state index in [4.69, 9.17) is 4.74 Å². The van der Waals surface area contributed by atoms with Crippen LogP contribution in [0.1, 0.15) is 25.0 Å². The van der Waals surface area contributed by atoms with Crippen molar-refractivity contribution in [1.29, 1.82) is 0 Å². The standard InChI is InChI=1S/C15H16F3N3O/c1-10-11(2)22-14(10,7-21-9-19-8-20-21)12-3-5-13(6-4-12)15(16,17)18/h3-6,8-11H,7H2,1-2H3/t10?,11-,14?/m1/s1. The SMILES string of the molecule is CC1[C@@H](C)OC1(Cn1cncn1)c1ccc(C(F)(F)F)cc1. The third kappa shape index (κ3) is 2.39. The van der Waals surface area contributed by atoms with E-state index >= 15 is 0 Å². The Labute approximate surface area is 125 Å². The summed E-state index contributed by atoms with van der Waals surface area (Å²) in [6.07, 6.45) is -1.29. The predicted octanol–water partition coefficient (Wildman–Crippen LogP) is 3.25. The summed E-state index contributed by atoms with van der Waals surface area (Å²) in [5, 5.41) is 4.07. The number of nitrogens with zero attached hydrogens (tertiary/aromatic N) is 3. The van der Waals surface area contributed by atoms with E-state index in [2.05, 4.69) is 10.1 Å². The van der Waals surface area contributed by atoms with E-state index in [1.807, 2.05) is 13.8 Å². The smallest absolute Gasteiger partial charge is 0.365 e. The van der Waals surface area contributed by atoms with Crippen LogP contribution in [-0.2, 0) is 23.1 Å². The zero-order valence-corrected chi connectivity index (χ0v) is 12.2. The Hall–Kier alpha value is -1.89. The van der Waals surface area contributed by atoms with Crippen LogP contribution >= 0.6 is 0 Å². The van der Waals surface area contributed by atoms with Gasteiger partial charge in [0.2, 0.25) is 0 Å². The number of hydrogen-bond donors (Lipinski definition) is 0. The van der Waals surface area contributed by atoms with Crippen molar-refractivity contribution in [3.8, 4) is 0 Å². The molecule has 1 aromatic heterocycles. The van der Waals surface area contributed by atoms with Gasteiger partial charge < -0.3 is 4.74 Å². The first-order chi connectivity index (χ1) is 10.3. The molecule has 3 rings (SSSR count). The van der Waals surface area contributed by atoms with Gasteiger partial charge in [-0.1, -0.05) is 19.1 Å². The summed E-state index contributed by atoms with van der Waals surface area (Å²) < 4.78 is 45.7. The number of hydrogen-bond acceptors (Lipinski definition) is 3. The van der Waals surface area contributed by atoms with Gasteiger partial charge in [-0.2, -0.15) is 18.3 Å². The third-order valence-corrected chi connectivity index (χ3v) is 4.40. The Morgan fingerprint density at radius 2 is 1.91 bits per heavy atom. The summed E-state index contributed by atoms with van der Waals surface area (Å²) in [6, 6.07) is 5.17. The largest absolute Gasteiger partial charge is 0.416 e. The Balaban J connectivity index is 1.93. The molecule has 0 aliphatic carbocycles. The third-order valence-electron chi connectivity index (χ3n) is 4.40. The molecular weight excluding hydrogens is 295 g/mol. The minimum Gasteiger partial charge on any atom is -0.365 e. The Morgan fingerprint density at radius 1 is 1.23 bits per heavy atom. The van der Waals surface area contributed by atoms with Crippen LogP contribution in [0.5, 0.6) is 0 Å². The molecule has 0 bridgehead atoms. The maximum absolute atomic E-state index is 12.7. The number of aromatic nitrogens is 3. The van der Waals surface area contributed by atoms with Crippen molar-refractivity contribution in [2.75, 3.05) is 0 Å². The first kappa shape index (κ1) is 15.0. The lowest BCUT2D eigenvalue weighted by Gasteiger charge is -2.53. The molecule has 1 fully saturated rings. The van der Waals surface area contributed by atoms with Crippen molar-refractivity contribution in [2.45, 2.75) is 38.3 Å². The number of rotatable bonds is 3. The second-order valence-corrected chi connectivity index (χ2v) is 5.67. The highest BCUT2D eigenvalue weighted by atomic mass is 19.4. The van der Waals surface area contributed by atoms with Crippen LogP contribution in [0.25, 0.3) is 0 Å². The van der Waals surface area contributed by atoms with Crippen molar-refractivity contribution in [3.05, 3.63) is 48.0 Å². The van der Waals surface area contributed by atoms with Gasteiger partial charge >= 0.3 is 6.18 Å². The highest BCUT2D eigenvalue weighted by Crippen LogP contribution is 2.48. The molecule has 2 unspecified atom stereocenters. The predicted molar refractivity (Wildman–Crippen MR) is 72.9 cm³/mol. The highest BCUT2D eigenvalue weighted by molar-refractivity contribution is 5.31. The average molecular weight is 311 g/mol. The van der Waals surface area contributed by atoms with Crippen molar-refractivity contribution < 1.29 is 17.9 Å². The van der Waals surface area contributed by atoms with Crippen LogP contribution < -0.4 is 0 Å². The molecule has 0 radical (unpaired) electrons. The van der Waals surface area contributed by atoms with Crippen LogP contribution in [0, 0.1) is 5.92 Å². The molecule has 2 heterocycles. The average Bonchev–Trinajstić information content (AvgIpc) is 2.98. The zero-order chi connectivity index (χ0) is 16.0. The second kappa shape index (κ2) is 5.08. The van der Waals surface area contributed by atoms with Crippen LogP contribution in [0.4, 0.5) is 13.2 Å². The molecule has 0 N–H and O–H groups in total. The molecule has 1 aromatic carbocycles. The second-order valence-electron chi connectivity index (χ2n) is 5.67. The van der Waals surface area contributed by atoms with Gasteiger partial charge in [0.1, 0.15) is 18.3 Å². The summed E-state index contributed by atoms with van der Waals surface area (Å²) in [5.74, 6) is 0.161. The van der Waals surface area contributed by atoms with E-state index in [0.717, 1.165) is 17.7 Å². The quantitative estimate of drug-likeness (QED) is 0.873. The van der Waals surface area contributed by atoms with Gasteiger partial charge in [-0.3, -0.25) is 0 Å². The highest BCUT2D eigenvalue weighted by Gasteiger charge is 2.52. The van der Waals surface area contributed by atoms with Crippen LogP contribution in [0.3, 0.4) is 0 Å². The maximum Gasteiger partial charge on any atom is 0.416 e. The van der Waals surface area contributed by atoms with E-state index in [-0.39, 0.29) is 12.0 Å². The minimum absolute atomic E-state index is 0.0471. The van der Waals surface area contributed by atoms with Gasteiger partial charge in [0.25, 0.3) is 0 Å². The fourth-order valence-corrected chi connectivity index (χ4v) is 2.95. The van der Waals surface area contributed by atoms with Gasteiger partial charge in [-0.15, -0.1) is 0 Å². The van der Waals surface area contributed by atoms with E-state index in [1.54, 1.807) is 11.0 Å². The molecule has 22 heavy (non-hydrogen) atoms. The maximum atomic E-state index is 12.7. The molecule has 118 valence electrons. The summed E-state index contributed by atoms with van der Waals surface area (Å²) in [5.41, 5.74) is -0.606. The lowest BCUT2D eigenvalue weighted by Crippen LogP contribution is -2.57. The lowest BCUT2D eigenvalue weighted by molar-refractivity contribution is -0.264. The van der Waals surface area contributed by atoms with Crippen molar-refractivity contribution in [1.82, 2.24) is 14.8 Å². The van der Waals surface area contributed by atoms with Gasteiger partial charge in [0.05, 0.1) is 18.2 Å². The Kier molecular flexibility index (Phi) is 3.47. The zero-order valence-electron chi connectivity index (χ0n) is 12.2. The van der Waals surface area contributed by atoms with Crippen LogP contribution in [0.15, 0.2) is 36.9 Å². The number of benzene rings is 1. The molecule has 7 heteroatoms. The summed E-state index contributed by atoms with van der Waals surface area (Å²) >= 11 is 0. The van der Waals surface area contributed by atoms with Crippen LogP contribution in [-0.4, -0.2) is 20.9 Å². The molecule has 4 nitrogen and oxygen atoms in total. The molecular formula is C15H16F3N3O.